The Bertz CT molecular complexity index is 349. The highest BCUT2D eigenvalue weighted by atomic mass is 32.2. The maximum Gasteiger partial charge on any atom is 0.0161 e. The van der Waals surface area contributed by atoms with Crippen molar-refractivity contribution in [2.45, 2.75) is 57.9 Å². The van der Waals surface area contributed by atoms with Crippen molar-refractivity contribution in [3.63, 3.8) is 0 Å². The van der Waals surface area contributed by atoms with Gasteiger partial charge >= 0.3 is 0 Å². The van der Waals surface area contributed by atoms with E-state index in [9.17, 15) is 0 Å². The highest BCUT2D eigenvalue weighted by Gasteiger charge is 2.08. The predicted octanol–water partition coefficient (Wildman–Crippen LogP) is 4.56. The first-order valence-electron chi connectivity index (χ1n) is 7.10. The second-order valence-corrected chi connectivity index (χ2v) is 6.08. The molecule has 0 amide bonds. The SMILES string of the molecule is CCCNC(CCC)CSc1cc(C)ccc1C. The fourth-order valence-corrected chi connectivity index (χ4v) is 3.22. The fraction of sp³-hybridized carbons (Fsp3) is 0.625. The molecular formula is C16H27NS. The Morgan fingerprint density at radius 2 is 1.94 bits per heavy atom. The molecule has 102 valence electrons. The molecule has 1 rings (SSSR count). The van der Waals surface area contributed by atoms with E-state index in [1.807, 2.05) is 11.8 Å². The number of rotatable bonds is 8. The van der Waals surface area contributed by atoms with Gasteiger partial charge in [0.1, 0.15) is 0 Å². The third-order valence-electron chi connectivity index (χ3n) is 3.10. The molecule has 1 atom stereocenters. The second kappa shape index (κ2) is 8.60. The first kappa shape index (κ1) is 15.6. The Kier molecular flexibility index (Phi) is 7.45. The van der Waals surface area contributed by atoms with Crippen molar-refractivity contribution in [2.24, 2.45) is 0 Å². The molecule has 0 aliphatic rings. The van der Waals surface area contributed by atoms with E-state index in [4.69, 9.17) is 0 Å². The average Bonchev–Trinajstić information content (AvgIpc) is 2.36. The summed E-state index contributed by atoms with van der Waals surface area (Å²) in [6.45, 7) is 10.0. The number of thioether (sulfide) groups is 1. The number of hydrogen-bond donors (Lipinski definition) is 1. The third kappa shape index (κ3) is 5.45. The zero-order valence-corrected chi connectivity index (χ0v) is 13.1. The molecule has 0 bridgehead atoms. The van der Waals surface area contributed by atoms with Crippen LogP contribution in [0.5, 0.6) is 0 Å². The number of nitrogens with one attached hydrogen (secondary N) is 1. The average molecular weight is 265 g/mol. The van der Waals surface area contributed by atoms with E-state index in [1.54, 1.807) is 0 Å². The Morgan fingerprint density at radius 1 is 1.17 bits per heavy atom. The van der Waals surface area contributed by atoms with Crippen LogP contribution in [0.15, 0.2) is 23.1 Å². The molecule has 0 aromatic heterocycles. The van der Waals surface area contributed by atoms with Crippen LogP contribution < -0.4 is 5.32 Å². The van der Waals surface area contributed by atoms with E-state index in [2.05, 4.69) is 51.2 Å². The first-order valence-corrected chi connectivity index (χ1v) is 8.09. The summed E-state index contributed by atoms with van der Waals surface area (Å²) in [6.07, 6.45) is 3.75. The van der Waals surface area contributed by atoms with Crippen molar-refractivity contribution in [3.8, 4) is 0 Å². The standard InChI is InChI=1S/C16H27NS/c1-5-7-15(17-10-6-2)12-18-16-11-13(3)8-9-14(16)4/h8-9,11,15,17H,5-7,10,12H2,1-4H3. The van der Waals surface area contributed by atoms with E-state index in [-0.39, 0.29) is 0 Å². The molecule has 1 aromatic carbocycles. The van der Waals surface area contributed by atoms with Crippen LogP contribution in [0.25, 0.3) is 0 Å². The van der Waals surface area contributed by atoms with E-state index < -0.39 is 0 Å². The Labute approximate surface area is 117 Å². The van der Waals surface area contributed by atoms with E-state index in [0.717, 1.165) is 6.54 Å². The van der Waals surface area contributed by atoms with Gasteiger partial charge in [0.05, 0.1) is 0 Å². The van der Waals surface area contributed by atoms with E-state index >= 15 is 0 Å². The highest BCUT2D eigenvalue weighted by Crippen LogP contribution is 2.24. The van der Waals surface area contributed by atoms with Gasteiger partial charge in [-0.3, -0.25) is 0 Å². The summed E-state index contributed by atoms with van der Waals surface area (Å²) in [5.74, 6) is 1.18. The van der Waals surface area contributed by atoms with Gasteiger partial charge in [-0.1, -0.05) is 38.0 Å². The van der Waals surface area contributed by atoms with Gasteiger partial charge in [-0.2, -0.15) is 0 Å². The van der Waals surface area contributed by atoms with Gasteiger partial charge in [0.2, 0.25) is 0 Å². The summed E-state index contributed by atoms with van der Waals surface area (Å²) in [4.78, 5) is 1.44. The lowest BCUT2D eigenvalue weighted by Gasteiger charge is -2.18. The van der Waals surface area contributed by atoms with Gasteiger partial charge in [-0.05, 0) is 44.9 Å². The van der Waals surface area contributed by atoms with Gasteiger partial charge in [0.25, 0.3) is 0 Å². The molecule has 1 aromatic rings. The minimum atomic E-state index is 0.653. The van der Waals surface area contributed by atoms with Crippen LogP contribution in [0, 0.1) is 13.8 Å². The first-order chi connectivity index (χ1) is 8.67. The summed E-state index contributed by atoms with van der Waals surface area (Å²) < 4.78 is 0. The lowest BCUT2D eigenvalue weighted by atomic mass is 10.2. The largest absolute Gasteiger partial charge is 0.313 e. The fourth-order valence-electron chi connectivity index (χ4n) is 1.99. The molecule has 0 radical (unpaired) electrons. The van der Waals surface area contributed by atoms with Crippen LogP contribution in [0.2, 0.25) is 0 Å². The topological polar surface area (TPSA) is 12.0 Å². The quantitative estimate of drug-likeness (QED) is 0.691. The van der Waals surface area contributed by atoms with E-state index in [0.29, 0.717) is 6.04 Å². The molecule has 0 saturated carbocycles. The highest BCUT2D eigenvalue weighted by molar-refractivity contribution is 7.99. The Hall–Kier alpha value is -0.470. The van der Waals surface area contributed by atoms with Gasteiger partial charge in [-0.25, -0.2) is 0 Å². The second-order valence-electron chi connectivity index (χ2n) is 5.02. The van der Waals surface area contributed by atoms with Crippen molar-refractivity contribution >= 4 is 11.8 Å². The van der Waals surface area contributed by atoms with Crippen LogP contribution in [0.4, 0.5) is 0 Å². The maximum absolute atomic E-state index is 3.65. The lowest BCUT2D eigenvalue weighted by Crippen LogP contribution is -2.31. The number of benzene rings is 1. The summed E-state index contributed by atoms with van der Waals surface area (Å²) in [5, 5.41) is 3.65. The summed E-state index contributed by atoms with van der Waals surface area (Å²) in [5.41, 5.74) is 2.76. The summed E-state index contributed by atoms with van der Waals surface area (Å²) in [6, 6.07) is 7.38. The number of hydrogen-bond acceptors (Lipinski definition) is 2. The van der Waals surface area contributed by atoms with Crippen LogP contribution in [0.1, 0.15) is 44.2 Å². The minimum Gasteiger partial charge on any atom is -0.313 e. The van der Waals surface area contributed by atoms with Crippen molar-refractivity contribution in [1.82, 2.24) is 5.32 Å². The monoisotopic (exact) mass is 265 g/mol. The molecule has 1 unspecified atom stereocenters. The van der Waals surface area contributed by atoms with Crippen molar-refractivity contribution in [3.05, 3.63) is 29.3 Å². The Morgan fingerprint density at radius 3 is 2.61 bits per heavy atom. The molecule has 0 saturated heterocycles. The molecule has 0 fully saturated rings. The summed E-state index contributed by atoms with van der Waals surface area (Å²) >= 11 is 2.00. The van der Waals surface area contributed by atoms with E-state index in [1.165, 1.54) is 41.0 Å². The molecule has 0 aliphatic heterocycles. The van der Waals surface area contributed by atoms with Gasteiger partial charge in [0, 0.05) is 16.7 Å². The zero-order valence-electron chi connectivity index (χ0n) is 12.3. The van der Waals surface area contributed by atoms with Gasteiger partial charge in [0.15, 0.2) is 0 Å². The zero-order chi connectivity index (χ0) is 13.4. The summed E-state index contributed by atoms with van der Waals surface area (Å²) in [7, 11) is 0. The molecule has 0 aliphatic carbocycles. The molecule has 18 heavy (non-hydrogen) atoms. The maximum atomic E-state index is 3.65. The van der Waals surface area contributed by atoms with Gasteiger partial charge in [-0.15, -0.1) is 11.8 Å². The molecule has 1 N–H and O–H groups in total. The molecule has 2 heteroatoms. The normalized spacial score (nSPS) is 12.7. The van der Waals surface area contributed by atoms with Gasteiger partial charge < -0.3 is 5.32 Å². The molecular weight excluding hydrogens is 238 g/mol. The van der Waals surface area contributed by atoms with Crippen molar-refractivity contribution in [2.75, 3.05) is 12.3 Å². The molecule has 0 spiro atoms. The minimum absolute atomic E-state index is 0.653. The smallest absolute Gasteiger partial charge is 0.0161 e. The van der Waals surface area contributed by atoms with Crippen LogP contribution >= 0.6 is 11.8 Å². The lowest BCUT2D eigenvalue weighted by molar-refractivity contribution is 0.514. The Balaban J connectivity index is 2.52. The van der Waals surface area contributed by atoms with Crippen molar-refractivity contribution in [1.29, 1.82) is 0 Å². The van der Waals surface area contributed by atoms with Crippen LogP contribution in [0.3, 0.4) is 0 Å². The molecule has 1 nitrogen and oxygen atoms in total. The third-order valence-corrected chi connectivity index (χ3v) is 4.42. The van der Waals surface area contributed by atoms with Crippen molar-refractivity contribution < 1.29 is 0 Å². The predicted molar refractivity (Wildman–Crippen MR) is 83.6 cm³/mol. The van der Waals surface area contributed by atoms with Crippen LogP contribution in [-0.4, -0.2) is 18.3 Å². The number of aryl methyl sites for hydroxylation is 2. The molecule has 0 heterocycles. The van der Waals surface area contributed by atoms with Crippen LogP contribution in [-0.2, 0) is 0 Å².